The third kappa shape index (κ3) is 6.90. The molecule has 2 aromatic carbocycles. The van der Waals surface area contributed by atoms with Crippen molar-refractivity contribution in [2.45, 2.75) is 38.5 Å². The van der Waals surface area contributed by atoms with Gasteiger partial charge in [0.2, 0.25) is 5.91 Å². The number of hydrogen-bond donors (Lipinski definition) is 3. The Bertz CT molecular complexity index is 1330. The molecule has 2 amide bonds. The number of benzene rings is 2. The molecular weight excluding hydrogens is 543 g/mol. The molecule has 0 bridgehead atoms. The fraction of sp³-hybridized carbons (Fsp3) is 0.304. The maximum Gasteiger partial charge on any atom is 0.312 e. The van der Waals surface area contributed by atoms with Crippen LogP contribution in [0.1, 0.15) is 43.0 Å². The number of halogens is 2. The second-order valence-corrected chi connectivity index (χ2v) is 9.99. The largest absolute Gasteiger partial charge is 0.502 e. The smallest absolute Gasteiger partial charge is 0.312 e. The standard InChI is InChI=1S/C23H24Cl2N6O5S/c1-4-30-21(20(12(2)3)27-22(34)15-7-5-13(24)9-16(15)25)28-29-23(30)37-11-19(33)26-14-6-8-18(32)17(10-14)31(35)36/h5-10,12,20,32H,4,11H2,1-3H3,(H,26,33)(H,27,34)/t20-/m1/s1. The lowest BCUT2D eigenvalue weighted by Crippen LogP contribution is -2.34. The van der Waals surface area contributed by atoms with Crippen LogP contribution in [0.5, 0.6) is 5.75 Å². The van der Waals surface area contributed by atoms with Crippen molar-refractivity contribution in [3.63, 3.8) is 0 Å². The summed E-state index contributed by atoms with van der Waals surface area (Å²) in [5.41, 5.74) is -0.0568. The van der Waals surface area contributed by atoms with Crippen LogP contribution >= 0.6 is 35.0 Å². The molecule has 0 aliphatic rings. The highest BCUT2D eigenvalue weighted by molar-refractivity contribution is 7.99. The molecule has 0 spiro atoms. The van der Waals surface area contributed by atoms with Crippen LogP contribution < -0.4 is 10.6 Å². The molecule has 3 aromatic rings. The van der Waals surface area contributed by atoms with Gasteiger partial charge in [0.1, 0.15) is 0 Å². The highest BCUT2D eigenvalue weighted by Gasteiger charge is 2.27. The van der Waals surface area contributed by atoms with Crippen LogP contribution in [0.15, 0.2) is 41.6 Å². The molecule has 0 aliphatic heterocycles. The summed E-state index contributed by atoms with van der Waals surface area (Å²) in [6.07, 6.45) is 0. The molecule has 0 saturated carbocycles. The second-order valence-electron chi connectivity index (χ2n) is 8.20. The van der Waals surface area contributed by atoms with E-state index in [1.165, 1.54) is 12.1 Å². The maximum atomic E-state index is 12.9. The van der Waals surface area contributed by atoms with Crippen molar-refractivity contribution in [3.05, 3.63) is 67.9 Å². The maximum absolute atomic E-state index is 12.9. The van der Waals surface area contributed by atoms with Crippen molar-refractivity contribution in [1.29, 1.82) is 0 Å². The molecule has 11 nitrogen and oxygen atoms in total. The summed E-state index contributed by atoms with van der Waals surface area (Å²) >= 11 is 13.3. The Morgan fingerprint density at radius 2 is 1.92 bits per heavy atom. The monoisotopic (exact) mass is 566 g/mol. The lowest BCUT2D eigenvalue weighted by Gasteiger charge is -2.22. The average Bonchev–Trinajstić information content (AvgIpc) is 3.24. The first-order chi connectivity index (χ1) is 17.5. The van der Waals surface area contributed by atoms with E-state index in [0.717, 1.165) is 23.9 Å². The van der Waals surface area contributed by atoms with Gasteiger partial charge in [-0.05, 0) is 43.2 Å². The Morgan fingerprint density at radius 1 is 1.19 bits per heavy atom. The number of nitrogens with one attached hydrogen (secondary N) is 2. The summed E-state index contributed by atoms with van der Waals surface area (Å²) in [5, 5.41) is 35.7. The Labute approximate surface area is 226 Å². The Kier molecular flexibility index (Phi) is 9.35. The quantitative estimate of drug-likeness (QED) is 0.133. The second kappa shape index (κ2) is 12.3. The van der Waals surface area contributed by atoms with Gasteiger partial charge in [-0.2, -0.15) is 0 Å². The number of amides is 2. The van der Waals surface area contributed by atoms with E-state index in [0.29, 0.717) is 22.5 Å². The SMILES string of the molecule is CCn1c(SCC(=O)Nc2ccc(O)c([N+](=O)[O-])c2)nnc1[C@H](NC(=O)c1ccc(Cl)cc1Cl)C(C)C. The van der Waals surface area contributed by atoms with Crippen molar-refractivity contribution in [1.82, 2.24) is 20.1 Å². The summed E-state index contributed by atoms with van der Waals surface area (Å²) in [4.78, 5) is 35.6. The number of nitro benzene ring substituents is 1. The number of carbonyl (C=O) groups excluding carboxylic acids is 2. The number of nitro groups is 1. The molecule has 0 aliphatic carbocycles. The molecule has 3 N–H and O–H groups in total. The molecule has 196 valence electrons. The van der Waals surface area contributed by atoms with E-state index in [9.17, 15) is 24.8 Å². The van der Waals surface area contributed by atoms with Crippen LogP contribution in [0.3, 0.4) is 0 Å². The van der Waals surface area contributed by atoms with Gasteiger partial charge in [0.15, 0.2) is 16.7 Å². The molecule has 3 rings (SSSR count). The van der Waals surface area contributed by atoms with Gasteiger partial charge in [-0.3, -0.25) is 19.7 Å². The van der Waals surface area contributed by atoms with Crippen molar-refractivity contribution in [2.75, 3.05) is 11.1 Å². The van der Waals surface area contributed by atoms with Gasteiger partial charge in [0.05, 0.1) is 27.3 Å². The summed E-state index contributed by atoms with van der Waals surface area (Å²) in [7, 11) is 0. The lowest BCUT2D eigenvalue weighted by atomic mass is 10.0. The molecule has 0 radical (unpaired) electrons. The van der Waals surface area contributed by atoms with Gasteiger partial charge in [0, 0.05) is 23.3 Å². The number of nitrogens with zero attached hydrogens (tertiary/aromatic N) is 4. The number of rotatable bonds is 10. The zero-order valence-corrected chi connectivity index (χ0v) is 22.4. The van der Waals surface area contributed by atoms with Gasteiger partial charge in [0.25, 0.3) is 5.91 Å². The Hall–Kier alpha value is -3.35. The molecule has 37 heavy (non-hydrogen) atoms. The Balaban J connectivity index is 1.73. The normalized spacial score (nSPS) is 11.8. The molecule has 1 aromatic heterocycles. The number of anilines is 1. The minimum absolute atomic E-state index is 0.0454. The molecule has 0 unspecified atom stereocenters. The van der Waals surface area contributed by atoms with E-state index in [4.69, 9.17) is 23.2 Å². The summed E-state index contributed by atoms with van der Waals surface area (Å²) < 4.78 is 1.80. The van der Waals surface area contributed by atoms with Crippen molar-refractivity contribution >= 4 is 58.2 Å². The van der Waals surface area contributed by atoms with Crippen LogP contribution in [-0.2, 0) is 11.3 Å². The van der Waals surface area contributed by atoms with Crippen molar-refractivity contribution < 1.29 is 19.6 Å². The minimum atomic E-state index is -0.740. The van der Waals surface area contributed by atoms with E-state index in [1.807, 2.05) is 20.8 Å². The van der Waals surface area contributed by atoms with Crippen molar-refractivity contribution in [2.24, 2.45) is 5.92 Å². The number of phenolic OH excluding ortho intramolecular Hbond substituents is 1. The fourth-order valence-corrected chi connectivity index (χ4v) is 4.73. The first-order valence-corrected chi connectivity index (χ1v) is 12.8. The van der Waals surface area contributed by atoms with Crippen molar-refractivity contribution in [3.8, 4) is 5.75 Å². The topological polar surface area (TPSA) is 152 Å². The molecule has 0 saturated heterocycles. The summed E-state index contributed by atoms with van der Waals surface area (Å²) in [5.74, 6) is -0.882. The highest BCUT2D eigenvalue weighted by atomic mass is 35.5. The van der Waals surface area contributed by atoms with Crippen LogP contribution in [0.25, 0.3) is 0 Å². The number of thioether (sulfide) groups is 1. The van der Waals surface area contributed by atoms with Gasteiger partial charge >= 0.3 is 5.69 Å². The lowest BCUT2D eigenvalue weighted by molar-refractivity contribution is -0.385. The minimum Gasteiger partial charge on any atom is -0.502 e. The molecule has 1 heterocycles. The number of carbonyl (C=O) groups is 2. The van der Waals surface area contributed by atoms with Gasteiger partial charge < -0.3 is 20.3 Å². The van der Waals surface area contributed by atoms with Gasteiger partial charge in [-0.15, -0.1) is 10.2 Å². The number of aromatic nitrogens is 3. The third-order valence-corrected chi connectivity index (χ3v) is 6.77. The number of aromatic hydroxyl groups is 1. The summed E-state index contributed by atoms with van der Waals surface area (Å²) in [6, 6.07) is 7.70. The van der Waals surface area contributed by atoms with Crippen LogP contribution in [0.4, 0.5) is 11.4 Å². The molecule has 0 fully saturated rings. The third-order valence-electron chi connectivity index (χ3n) is 5.26. The Morgan fingerprint density at radius 3 is 2.54 bits per heavy atom. The number of hydrogen-bond acceptors (Lipinski definition) is 8. The predicted octanol–water partition coefficient (Wildman–Crippen LogP) is 5.08. The van der Waals surface area contributed by atoms with E-state index < -0.39 is 28.3 Å². The van der Waals surface area contributed by atoms with Gasteiger partial charge in [-0.1, -0.05) is 48.8 Å². The molecule has 1 atom stereocenters. The molecule has 14 heteroatoms. The summed E-state index contributed by atoms with van der Waals surface area (Å²) in [6.45, 7) is 6.24. The first kappa shape index (κ1) is 28.2. The van der Waals surface area contributed by atoms with Gasteiger partial charge in [-0.25, -0.2) is 0 Å². The van der Waals surface area contributed by atoms with E-state index in [2.05, 4.69) is 20.8 Å². The first-order valence-electron chi connectivity index (χ1n) is 11.1. The predicted molar refractivity (Wildman–Crippen MR) is 141 cm³/mol. The zero-order chi connectivity index (χ0) is 27.3. The van der Waals surface area contributed by atoms with E-state index in [-0.39, 0.29) is 33.9 Å². The fourth-order valence-electron chi connectivity index (χ4n) is 3.43. The van der Waals surface area contributed by atoms with E-state index >= 15 is 0 Å². The molecular formula is C23H24Cl2N6O5S. The van der Waals surface area contributed by atoms with Crippen LogP contribution in [-0.4, -0.2) is 42.4 Å². The van der Waals surface area contributed by atoms with Crippen LogP contribution in [0, 0.1) is 16.0 Å². The zero-order valence-electron chi connectivity index (χ0n) is 20.1. The number of phenols is 1. The van der Waals surface area contributed by atoms with Crippen LogP contribution in [0.2, 0.25) is 10.0 Å². The highest BCUT2D eigenvalue weighted by Crippen LogP contribution is 2.30. The van der Waals surface area contributed by atoms with E-state index in [1.54, 1.807) is 16.7 Å². The average molecular weight is 567 g/mol.